The highest BCUT2D eigenvalue weighted by Crippen LogP contribution is 2.30. The normalized spacial score (nSPS) is 17.3. The van der Waals surface area contributed by atoms with Crippen LogP contribution in [0, 0.1) is 6.92 Å². The number of carbonyl (C=O) groups excluding carboxylic acids is 1. The SMILES string of the molecule is Cc1cc(=O)c(C(=O)NC2CCNC2)nn1-c1cccc(C(F)(F)F)c1. The lowest BCUT2D eigenvalue weighted by molar-refractivity contribution is -0.137. The first kappa shape index (κ1) is 18.1. The number of carbonyl (C=O) groups is 1. The minimum atomic E-state index is -4.50. The number of rotatable bonds is 3. The summed E-state index contributed by atoms with van der Waals surface area (Å²) in [6.07, 6.45) is -3.77. The number of amides is 1. The molecule has 1 aromatic heterocycles. The number of aromatic nitrogens is 2. The molecule has 138 valence electrons. The number of nitrogens with one attached hydrogen (secondary N) is 2. The van der Waals surface area contributed by atoms with E-state index < -0.39 is 23.1 Å². The molecule has 1 amide bonds. The average Bonchev–Trinajstić information content (AvgIpc) is 3.07. The molecule has 0 radical (unpaired) electrons. The van der Waals surface area contributed by atoms with E-state index in [2.05, 4.69) is 15.7 Å². The lowest BCUT2D eigenvalue weighted by Gasteiger charge is -2.15. The van der Waals surface area contributed by atoms with Gasteiger partial charge in [-0.15, -0.1) is 0 Å². The summed E-state index contributed by atoms with van der Waals surface area (Å²) in [6.45, 7) is 2.90. The fraction of sp³-hybridized carbons (Fsp3) is 0.353. The quantitative estimate of drug-likeness (QED) is 0.866. The summed E-state index contributed by atoms with van der Waals surface area (Å²) in [5, 5.41) is 9.81. The van der Waals surface area contributed by atoms with Crippen molar-refractivity contribution in [2.75, 3.05) is 13.1 Å². The number of benzene rings is 1. The van der Waals surface area contributed by atoms with Gasteiger partial charge in [0.1, 0.15) is 0 Å². The predicted molar refractivity (Wildman–Crippen MR) is 88.3 cm³/mol. The van der Waals surface area contributed by atoms with Crippen LogP contribution in [0.2, 0.25) is 0 Å². The van der Waals surface area contributed by atoms with Gasteiger partial charge in [0.15, 0.2) is 5.69 Å². The van der Waals surface area contributed by atoms with E-state index in [-0.39, 0.29) is 17.4 Å². The Labute approximate surface area is 147 Å². The molecule has 1 fully saturated rings. The first-order valence-corrected chi connectivity index (χ1v) is 8.06. The molecule has 2 N–H and O–H groups in total. The zero-order valence-electron chi connectivity index (χ0n) is 13.9. The van der Waals surface area contributed by atoms with Gasteiger partial charge in [-0.1, -0.05) is 6.07 Å². The van der Waals surface area contributed by atoms with Crippen LogP contribution in [-0.4, -0.2) is 34.8 Å². The van der Waals surface area contributed by atoms with Gasteiger partial charge in [-0.2, -0.15) is 18.3 Å². The molecule has 1 aromatic carbocycles. The van der Waals surface area contributed by atoms with Gasteiger partial charge in [0.25, 0.3) is 5.91 Å². The highest BCUT2D eigenvalue weighted by atomic mass is 19.4. The predicted octanol–water partition coefficient (Wildman–Crippen LogP) is 1.65. The van der Waals surface area contributed by atoms with E-state index in [1.807, 2.05) is 0 Å². The Morgan fingerprint density at radius 2 is 2.12 bits per heavy atom. The smallest absolute Gasteiger partial charge is 0.346 e. The lowest BCUT2D eigenvalue weighted by atomic mass is 10.2. The Kier molecular flexibility index (Phi) is 4.82. The van der Waals surface area contributed by atoms with E-state index in [1.165, 1.54) is 29.8 Å². The van der Waals surface area contributed by atoms with Crippen molar-refractivity contribution < 1.29 is 18.0 Å². The van der Waals surface area contributed by atoms with Crippen LogP contribution in [-0.2, 0) is 6.18 Å². The van der Waals surface area contributed by atoms with Gasteiger partial charge < -0.3 is 10.6 Å². The van der Waals surface area contributed by atoms with Crippen molar-refractivity contribution in [2.24, 2.45) is 0 Å². The Hall–Kier alpha value is -2.68. The molecule has 1 unspecified atom stereocenters. The summed E-state index contributed by atoms with van der Waals surface area (Å²) < 4.78 is 40.0. The van der Waals surface area contributed by atoms with Crippen molar-refractivity contribution in [3.8, 4) is 5.69 Å². The van der Waals surface area contributed by atoms with Gasteiger partial charge in [-0.3, -0.25) is 9.59 Å². The number of nitrogens with zero attached hydrogens (tertiary/aromatic N) is 2. The number of aryl methyl sites for hydroxylation is 1. The van der Waals surface area contributed by atoms with Gasteiger partial charge in [0.2, 0.25) is 5.43 Å². The van der Waals surface area contributed by atoms with E-state index in [1.54, 1.807) is 0 Å². The van der Waals surface area contributed by atoms with Crippen LogP contribution in [0.4, 0.5) is 13.2 Å². The first-order chi connectivity index (χ1) is 12.3. The molecule has 1 saturated heterocycles. The largest absolute Gasteiger partial charge is 0.416 e. The molecule has 0 aliphatic carbocycles. The minimum absolute atomic E-state index is 0.105. The molecule has 3 rings (SSSR count). The van der Waals surface area contributed by atoms with Crippen molar-refractivity contribution in [2.45, 2.75) is 25.6 Å². The molecule has 0 spiro atoms. The molecule has 1 aliphatic heterocycles. The maximum absolute atomic E-state index is 12.9. The van der Waals surface area contributed by atoms with Gasteiger partial charge in [-0.05, 0) is 38.1 Å². The van der Waals surface area contributed by atoms with Crippen LogP contribution in [0.1, 0.15) is 28.2 Å². The molecule has 0 bridgehead atoms. The number of alkyl halides is 3. The van der Waals surface area contributed by atoms with Gasteiger partial charge in [0, 0.05) is 24.3 Å². The summed E-state index contributed by atoms with van der Waals surface area (Å²) in [4.78, 5) is 24.5. The molecule has 1 atom stereocenters. The Morgan fingerprint density at radius 1 is 1.35 bits per heavy atom. The summed E-state index contributed by atoms with van der Waals surface area (Å²) in [5.74, 6) is -0.635. The van der Waals surface area contributed by atoms with E-state index in [0.717, 1.165) is 25.1 Å². The highest BCUT2D eigenvalue weighted by Gasteiger charge is 2.30. The molecule has 1 aliphatic rings. The Bertz CT molecular complexity index is 886. The Morgan fingerprint density at radius 3 is 2.77 bits per heavy atom. The third-order valence-corrected chi connectivity index (χ3v) is 4.14. The van der Waals surface area contributed by atoms with E-state index >= 15 is 0 Å². The molecular weight excluding hydrogens is 349 g/mol. The number of hydrogen-bond donors (Lipinski definition) is 2. The van der Waals surface area contributed by atoms with Crippen molar-refractivity contribution in [3.05, 3.63) is 57.5 Å². The van der Waals surface area contributed by atoms with Gasteiger partial charge in [-0.25, -0.2) is 4.68 Å². The maximum Gasteiger partial charge on any atom is 0.416 e. The van der Waals surface area contributed by atoms with Crippen LogP contribution in [0.3, 0.4) is 0 Å². The second-order valence-corrected chi connectivity index (χ2v) is 6.12. The van der Waals surface area contributed by atoms with Crippen molar-refractivity contribution in [1.29, 1.82) is 0 Å². The standard InChI is InChI=1S/C17H17F3N4O2/c1-10-7-14(25)15(16(26)22-12-5-6-21-9-12)23-24(10)13-4-2-3-11(8-13)17(18,19)20/h2-4,7-8,12,21H,5-6,9H2,1H3,(H,22,26). The topological polar surface area (TPSA) is 76.0 Å². The number of hydrogen-bond acceptors (Lipinski definition) is 4. The Balaban J connectivity index is 1.98. The molecule has 2 heterocycles. The fourth-order valence-corrected chi connectivity index (χ4v) is 2.81. The summed E-state index contributed by atoms with van der Waals surface area (Å²) in [7, 11) is 0. The summed E-state index contributed by atoms with van der Waals surface area (Å²) >= 11 is 0. The number of halogens is 3. The third-order valence-electron chi connectivity index (χ3n) is 4.14. The minimum Gasteiger partial charge on any atom is -0.346 e. The van der Waals surface area contributed by atoms with Gasteiger partial charge >= 0.3 is 6.18 Å². The van der Waals surface area contributed by atoms with Crippen molar-refractivity contribution >= 4 is 5.91 Å². The zero-order chi connectivity index (χ0) is 18.9. The van der Waals surface area contributed by atoms with Crippen LogP contribution < -0.4 is 16.1 Å². The average molecular weight is 366 g/mol. The maximum atomic E-state index is 12.9. The van der Waals surface area contributed by atoms with Gasteiger partial charge in [0.05, 0.1) is 11.3 Å². The van der Waals surface area contributed by atoms with Crippen molar-refractivity contribution in [3.63, 3.8) is 0 Å². The second kappa shape index (κ2) is 6.91. The zero-order valence-corrected chi connectivity index (χ0v) is 13.9. The van der Waals surface area contributed by atoms with Crippen LogP contribution in [0.25, 0.3) is 5.69 Å². The molecule has 6 nitrogen and oxygen atoms in total. The van der Waals surface area contributed by atoms with Crippen LogP contribution >= 0.6 is 0 Å². The lowest BCUT2D eigenvalue weighted by Crippen LogP contribution is -2.39. The molecule has 9 heteroatoms. The van der Waals surface area contributed by atoms with E-state index in [0.29, 0.717) is 12.2 Å². The van der Waals surface area contributed by atoms with Crippen molar-refractivity contribution in [1.82, 2.24) is 20.4 Å². The van der Waals surface area contributed by atoms with Crippen LogP contribution in [0.15, 0.2) is 35.1 Å². The third kappa shape index (κ3) is 3.77. The molecule has 0 saturated carbocycles. The monoisotopic (exact) mass is 366 g/mol. The summed E-state index contributed by atoms with van der Waals surface area (Å²) in [5.41, 5.74) is -1.31. The fourth-order valence-electron chi connectivity index (χ4n) is 2.81. The molecule has 2 aromatic rings. The second-order valence-electron chi connectivity index (χ2n) is 6.12. The summed E-state index contributed by atoms with van der Waals surface area (Å²) in [6, 6.07) is 5.64. The molecular formula is C17H17F3N4O2. The van der Waals surface area contributed by atoms with Crippen LogP contribution in [0.5, 0.6) is 0 Å². The van der Waals surface area contributed by atoms with E-state index in [4.69, 9.17) is 0 Å². The first-order valence-electron chi connectivity index (χ1n) is 8.06. The molecule has 26 heavy (non-hydrogen) atoms. The van der Waals surface area contributed by atoms with E-state index in [9.17, 15) is 22.8 Å². The highest BCUT2D eigenvalue weighted by molar-refractivity contribution is 5.92.